The van der Waals surface area contributed by atoms with Crippen LogP contribution in [0.2, 0.25) is 0 Å². The van der Waals surface area contributed by atoms with Gasteiger partial charge in [0.15, 0.2) is 0 Å². The van der Waals surface area contributed by atoms with Gasteiger partial charge in [-0.15, -0.1) is 0 Å². The van der Waals surface area contributed by atoms with E-state index in [1.807, 2.05) is 0 Å². The Morgan fingerprint density at radius 3 is 2.31 bits per heavy atom. The molecule has 0 saturated carbocycles. The zero-order valence-electron chi connectivity index (χ0n) is 14.8. The number of rotatable bonds is 1. The number of aromatic nitrogens is 1. The molecular formula is C25H19N. The molecule has 1 heteroatoms. The molecule has 0 aliphatic heterocycles. The number of fused-ring (bicyclic) bond motifs is 9. The summed E-state index contributed by atoms with van der Waals surface area (Å²) in [5.41, 5.74) is 8.57. The lowest BCUT2D eigenvalue weighted by molar-refractivity contribution is 0.824. The van der Waals surface area contributed by atoms with Crippen molar-refractivity contribution >= 4 is 32.6 Å². The van der Waals surface area contributed by atoms with E-state index in [0.717, 1.165) is 13.0 Å². The SMILES string of the molecule is CCn1c2ccccc2c2ccc3c(c21)Cc1c-3ccc2ccccc12. The molecule has 0 bridgehead atoms. The highest BCUT2D eigenvalue weighted by Gasteiger charge is 2.25. The molecular weight excluding hydrogens is 314 g/mol. The van der Waals surface area contributed by atoms with Crippen molar-refractivity contribution in [2.75, 3.05) is 0 Å². The highest BCUT2D eigenvalue weighted by atomic mass is 15.0. The lowest BCUT2D eigenvalue weighted by atomic mass is 9.99. The summed E-state index contributed by atoms with van der Waals surface area (Å²) in [6.07, 6.45) is 1.03. The molecule has 1 nitrogen and oxygen atoms in total. The van der Waals surface area contributed by atoms with E-state index in [4.69, 9.17) is 0 Å². The molecule has 0 spiro atoms. The van der Waals surface area contributed by atoms with Gasteiger partial charge < -0.3 is 4.57 Å². The molecule has 0 radical (unpaired) electrons. The molecule has 0 unspecified atom stereocenters. The summed E-state index contributed by atoms with van der Waals surface area (Å²) in [5.74, 6) is 0. The quantitative estimate of drug-likeness (QED) is 0.322. The molecule has 1 aliphatic carbocycles. The van der Waals surface area contributed by atoms with Gasteiger partial charge in [0.25, 0.3) is 0 Å². The minimum Gasteiger partial charge on any atom is -0.341 e. The van der Waals surface area contributed by atoms with Gasteiger partial charge in [-0.2, -0.15) is 0 Å². The van der Waals surface area contributed by atoms with Crippen LogP contribution in [0.1, 0.15) is 18.1 Å². The topological polar surface area (TPSA) is 4.93 Å². The van der Waals surface area contributed by atoms with Crippen LogP contribution in [-0.2, 0) is 13.0 Å². The predicted molar refractivity (Wildman–Crippen MR) is 111 cm³/mol. The van der Waals surface area contributed by atoms with E-state index in [-0.39, 0.29) is 0 Å². The van der Waals surface area contributed by atoms with E-state index < -0.39 is 0 Å². The average molecular weight is 333 g/mol. The third-order valence-corrected chi connectivity index (χ3v) is 6.04. The number of aryl methyl sites for hydroxylation is 1. The minimum atomic E-state index is 0.998. The third kappa shape index (κ3) is 1.65. The maximum Gasteiger partial charge on any atom is 0.0533 e. The summed E-state index contributed by atoms with van der Waals surface area (Å²) in [4.78, 5) is 0. The first-order valence-corrected chi connectivity index (χ1v) is 9.40. The first-order chi connectivity index (χ1) is 12.9. The number of para-hydroxylation sites is 1. The van der Waals surface area contributed by atoms with Crippen LogP contribution in [0.15, 0.2) is 72.8 Å². The fourth-order valence-corrected chi connectivity index (χ4v) is 4.93. The second kappa shape index (κ2) is 4.98. The molecule has 0 atom stereocenters. The monoisotopic (exact) mass is 333 g/mol. The number of benzene rings is 4. The molecule has 0 fully saturated rings. The van der Waals surface area contributed by atoms with Crippen molar-refractivity contribution < 1.29 is 0 Å². The fraction of sp³-hybridized carbons (Fsp3) is 0.120. The Kier molecular flexibility index (Phi) is 2.71. The van der Waals surface area contributed by atoms with Gasteiger partial charge in [-0.05, 0) is 46.0 Å². The van der Waals surface area contributed by atoms with Crippen LogP contribution in [0, 0.1) is 0 Å². The first kappa shape index (κ1) is 14.1. The van der Waals surface area contributed by atoms with Gasteiger partial charge in [0.1, 0.15) is 0 Å². The molecule has 4 aromatic carbocycles. The van der Waals surface area contributed by atoms with Gasteiger partial charge in [0.2, 0.25) is 0 Å². The molecule has 0 amide bonds. The van der Waals surface area contributed by atoms with Crippen molar-refractivity contribution in [3.05, 3.63) is 83.9 Å². The molecule has 1 aromatic heterocycles. The molecule has 26 heavy (non-hydrogen) atoms. The highest BCUT2D eigenvalue weighted by molar-refractivity contribution is 6.12. The molecule has 124 valence electrons. The summed E-state index contributed by atoms with van der Waals surface area (Å²) in [6.45, 7) is 3.25. The van der Waals surface area contributed by atoms with Crippen molar-refractivity contribution in [2.24, 2.45) is 0 Å². The summed E-state index contributed by atoms with van der Waals surface area (Å²) in [5, 5.41) is 5.49. The van der Waals surface area contributed by atoms with Gasteiger partial charge in [-0.25, -0.2) is 0 Å². The molecule has 0 saturated heterocycles. The third-order valence-electron chi connectivity index (χ3n) is 6.04. The van der Waals surface area contributed by atoms with Crippen LogP contribution < -0.4 is 0 Å². The molecule has 6 rings (SSSR count). The van der Waals surface area contributed by atoms with Crippen LogP contribution in [0.4, 0.5) is 0 Å². The first-order valence-electron chi connectivity index (χ1n) is 9.40. The summed E-state index contributed by atoms with van der Waals surface area (Å²) >= 11 is 0. The minimum absolute atomic E-state index is 0.998. The van der Waals surface area contributed by atoms with Crippen molar-refractivity contribution in [3.8, 4) is 11.1 Å². The number of hydrogen-bond donors (Lipinski definition) is 0. The summed E-state index contributed by atoms with van der Waals surface area (Å²) < 4.78 is 2.50. The normalized spacial score (nSPS) is 12.8. The number of nitrogens with zero attached hydrogens (tertiary/aromatic N) is 1. The van der Waals surface area contributed by atoms with Crippen LogP contribution >= 0.6 is 0 Å². The van der Waals surface area contributed by atoms with Crippen LogP contribution in [0.3, 0.4) is 0 Å². The zero-order chi connectivity index (χ0) is 17.3. The van der Waals surface area contributed by atoms with Crippen molar-refractivity contribution in [2.45, 2.75) is 19.9 Å². The Labute approximate surface area is 152 Å². The second-order valence-corrected chi connectivity index (χ2v) is 7.24. The highest BCUT2D eigenvalue weighted by Crippen LogP contribution is 2.45. The summed E-state index contributed by atoms with van der Waals surface area (Å²) in [7, 11) is 0. The molecule has 0 N–H and O–H groups in total. The Hall–Kier alpha value is -3.06. The zero-order valence-corrected chi connectivity index (χ0v) is 14.8. The van der Waals surface area contributed by atoms with Crippen LogP contribution in [-0.4, -0.2) is 4.57 Å². The Morgan fingerprint density at radius 1 is 0.692 bits per heavy atom. The van der Waals surface area contributed by atoms with Gasteiger partial charge in [0.05, 0.1) is 5.52 Å². The fourth-order valence-electron chi connectivity index (χ4n) is 4.93. The van der Waals surface area contributed by atoms with Crippen LogP contribution in [0.25, 0.3) is 43.7 Å². The van der Waals surface area contributed by atoms with E-state index in [2.05, 4.69) is 84.3 Å². The second-order valence-electron chi connectivity index (χ2n) is 7.24. The molecule has 5 aromatic rings. The van der Waals surface area contributed by atoms with E-state index >= 15 is 0 Å². The lowest BCUT2D eigenvalue weighted by Gasteiger charge is -2.08. The smallest absolute Gasteiger partial charge is 0.0533 e. The van der Waals surface area contributed by atoms with E-state index in [1.54, 1.807) is 0 Å². The van der Waals surface area contributed by atoms with Crippen molar-refractivity contribution in [3.63, 3.8) is 0 Å². The summed E-state index contributed by atoms with van der Waals surface area (Å²) in [6, 6.07) is 26.8. The maximum atomic E-state index is 2.50. The maximum absolute atomic E-state index is 2.50. The molecule has 1 heterocycles. The van der Waals surface area contributed by atoms with E-state index in [1.165, 1.54) is 54.8 Å². The van der Waals surface area contributed by atoms with Gasteiger partial charge in [-0.1, -0.05) is 66.7 Å². The van der Waals surface area contributed by atoms with Gasteiger partial charge in [0, 0.05) is 29.3 Å². The van der Waals surface area contributed by atoms with E-state index in [9.17, 15) is 0 Å². The van der Waals surface area contributed by atoms with E-state index in [0.29, 0.717) is 0 Å². The van der Waals surface area contributed by atoms with Gasteiger partial charge in [-0.3, -0.25) is 0 Å². The predicted octanol–water partition coefficient (Wildman–Crippen LogP) is 6.54. The Bertz CT molecular complexity index is 1340. The Morgan fingerprint density at radius 2 is 1.42 bits per heavy atom. The standard InChI is InChI=1S/C25H19N/c1-2-26-24-10-6-5-9-20(24)21-14-13-19-18-12-11-16-7-3-4-8-17(16)22(18)15-23(19)25(21)26/h3-14H,2,15H2,1H3. The largest absolute Gasteiger partial charge is 0.341 e. The van der Waals surface area contributed by atoms with Crippen LogP contribution in [0.5, 0.6) is 0 Å². The number of hydrogen-bond acceptors (Lipinski definition) is 0. The lowest BCUT2D eigenvalue weighted by Crippen LogP contribution is -1.96. The van der Waals surface area contributed by atoms with Gasteiger partial charge >= 0.3 is 0 Å². The van der Waals surface area contributed by atoms with Crippen molar-refractivity contribution in [1.29, 1.82) is 0 Å². The average Bonchev–Trinajstić information content (AvgIpc) is 3.23. The Balaban J connectivity index is 1.75. The van der Waals surface area contributed by atoms with Crippen molar-refractivity contribution in [1.82, 2.24) is 4.57 Å². The molecule has 1 aliphatic rings.